The van der Waals surface area contributed by atoms with Crippen LogP contribution in [0.5, 0.6) is 0 Å². The summed E-state index contributed by atoms with van der Waals surface area (Å²) in [5.74, 6) is 3.21. The first-order valence-corrected chi connectivity index (χ1v) is 11.8. The summed E-state index contributed by atoms with van der Waals surface area (Å²) in [7, 11) is 0. The first kappa shape index (κ1) is 19.4. The average Bonchev–Trinajstić information content (AvgIpc) is 3.01. The van der Waals surface area contributed by atoms with Crippen LogP contribution in [0.4, 0.5) is 0 Å². The molecule has 3 unspecified atom stereocenters. The summed E-state index contributed by atoms with van der Waals surface area (Å²) >= 11 is 0. The predicted molar refractivity (Wildman–Crippen MR) is 107 cm³/mol. The molecule has 0 aromatic carbocycles. The van der Waals surface area contributed by atoms with E-state index in [1.54, 1.807) is 0 Å². The zero-order chi connectivity index (χ0) is 19.8. The first-order valence-electron chi connectivity index (χ1n) is 11.8. The molecule has 2 heterocycles. The molecule has 158 valence electrons. The topological polar surface area (TPSA) is 66.8 Å². The van der Waals surface area contributed by atoms with Crippen LogP contribution >= 0.6 is 0 Å². The molecule has 0 spiro atoms. The molecular formula is C24H38O4. The van der Waals surface area contributed by atoms with Crippen LogP contribution in [0.15, 0.2) is 0 Å². The first-order chi connectivity index (χ1) is 13.2. The largest absolute Gasteiger partial charge is 0.481 e. The van der Waals surface area contributed by atoms with E-state index >= 15 is 0 Å². The van der Waals surface area contributed by atoms with Crippen molar-refractivity contribution in [3.05, 3.63) is 0 Å². The Hall–Kier alpha value is -0.610. The summed E-state index contributed by atoms with van der Waals surface area (Å²) in [5, 5.41) is 19.4. The highest BCUT2D eigenvalue weighted by Gasteiger charge is 2.70. The van der Waals surface area contributed by atoms with Crippen molar-refractivity contribution in [3.8, 4) is 0 Å². The van der Waals surface area contributed by atoms with Crippen LogP contribution in [0.1, 0.15) is 78.6 Å². The molecule has 0 aromatic heterocycles. The zero-order valence-corrected chi connectivity index (χ0v) is 17.8. The van der Waals surface area contributed by atoms with Gasteiger partial charge < -0.3 is 14.9 Å². The Morgan fingerprint density at radius 3 is 2.68 bits per heavy atom. The lowest BCUT2D eigenvalue weighted by Gasteiger charge is -2.69. The molecule has 6 fully saturated rings. The molecule has 4 aliphatic carbocycles. The number of aliphatic hydroxyl groups excluding tert-OH is 1. The Bertz CT molecular complexity index is 649. The van der Waals surface area contributed by atoms with Gasteiger partial charge >= 0.3 is 5.97 Å². The third kappa shape index (κ3) is 2.52. The molecule has 11 atom stereocenters. The van der Waals surface area contributed by atoms with E-state index in [0.29, 0.717) is 47.7 Å². The van der Waals surface area contributed by atoms with Crippen molar-refractivity contribution in [3.63, 3.8) is 0 Å². The minimum Gasteiger partial charge on any atom is -0.481 e. The van der Waals surface area contributed by atoms with Crippen LogP contribution in [0.3, 0.4) is 0 Å². The van der Waals surface area contributed by atoms with Crippen LogP contribution in [0.25, 0.3) is 0 Å². The molecule has 4 nitrogen and oxygen atoms in total. The molecule has 4 heteroatoms. The van der Waals surface area contributed by atoms with Gasteiger partial charge in [0.1, 0.15) is 0 Å². The average molecular weight is 391 g/mol. The number of carboxylic acids is 1. The fourth-order valence-electron chi connectivity index (χ4n) is 9.19. The van der Waals surface area contributed by atoms with E-state index in [9.17, 15) is 9.90 Å². The fraction of sp³-hybridized carbons (Fsp3) is 0.958. The van der Waals surface area contributed by atoms with Crippen molar-refractivity contribution in [1.82, 2.24) is 0 Å². The van der Waals surface area contributed by atoms with Gasteiger partial charge in [0.15, 0.2) is 0 Å². The van der Waals surface area contributed by atoms with E-state index in [1.807, 2.05) is 0 Å². The molecule has 4 bridgehead atoms. The molecular weight excluding hydrogens is 352 g/mol. The number of carbonyl (C=O) groups is 1. The normalized spacial score (nSPS) is 55.4. The second kappa shape index (κ2) is 6.44. The minimum absolute atomic E-state index is 0.106. The third-order valence-electron chi connectivity index (χ3n) is 10.6. The van der Waals surface area contributed by atoms with Gasteiger partial charge in [-0.3, -0.25) is 4.79 Å². The van der Waals surface area contributed by atoms with E-state index in [1.165, 1.54) is 25.7 Å². The van der Waals surface area contributed by atoms with Gasteiger partial charge in [0.05, 0.1) is 18.3 Å². The number of rotatable bonds is 4. The standard InChI is InChI=1S/C24H38O4/c1-13(4-7-21(26)27)16-5-6-17-22-18-12-20(24(16,17)3)28-19(22)11-14-10-15(25)8-9-23(14,18)2/h13-20,22,25H,4-12H2,1-3H3,(H,26,27)/t13-,14+,15-,16-,17-,18+,19?,20?,22?,23+,24-/m1/s1. The van der Waals surface area contributed by atoms with Crippen molar-refractivity contribution < 1.29 is 19.7 Å². The van der Waals surface area contributed by atoms with Crippen LogP contribution in [-0.4, -0.2) is 34.5 Å². The molecule has 0 radical (unpaired) electrons. The number of ether oxygens (including phenoxy) is 1. The van der Waals surface area contributed by atoms with Crippen LogP contribution < -0.4 is 0 Å². The Morgan fingerprint density at radius 1 is 1.14 bits per heavy atom. The SMILES string of the molecule is C[C@H](CCC(=O)O)[C@H]1CC[C@@H]2C3C4C[C@@H]5C[C@H](O)CC[C@]5(C)[C@H]3CC(O4)[C@@]21C. The lowest BCUT2D eigenvalue weighted by atomic mass is 9.41. The summed E-state index contributed by atoms with van der Waals surface area (Å²) in [6, 6.07) is 0. The van der Waals surface area contributed by atoms with Gasteiger partial charge in [-0.15, -0.1) is 0 Å². The van der Waals surface area contributed by atoms with Crippen LogP contribution in [0.2, 0.25) is 0 Å². The van der Waals surface area contributed by atoms with E-state index in [2.05, 4.69) is 20.8 Å². The maximum atomic E-state index is 11.1. The van der Waals surface area contributed by atoms with Crippen LogP contribution in [-0.2, 0) is 9.53 Å². The lowest BCUT2D eigenvalue weighted by Crippen LogP contribution is -2.68. The molecule has 2 N–H and O–H groups in total. The number of aliphatic hydroxyl groups is 1. The lowest BCUT2D eigenvalue weighted by molar-refractivity contribution is -0.300. The summed E-state index contributed by atoms with van der Waals surface area (Å²) in [6.07, 6.45) is 9.76. The number of fused-ring (bicyclic) bond motifs is 1. The Morgan fingerprint density at radius 2 is 1.93 bits per heavy atom. The van der Waals surface area contributed by atoms with Gasteiger partial charge in [-0.2, -0.15) is 0 Å². The summed E-state index contributed by atoms with van der Waals surface area (Å²) < 4.78 is 6.81. The van der Waals surface area contributed by atoms with E-state index in [4.69, 9.17) is 9.84 Å². The highest BCUT2D eigenvalue weighted by atomic mass is 16.5. The Kier molecular flexibility index (Phi) is 4.45. The van der Waals surface area contributed by atoms with Crippen molar-refractivity contribution in [2.45, 2.75) is 96.9 Å². The summed E-state index contributed by atoms with van der Waals surface area (Å²) in [5.41, 5.74) is 0.615. The van der Waals surface area contributed by atoms with Gasteiger partial charge in [0.25, 0.3) is 0 Å². The molecule has 4 saturated carbocycles. The van der Waals surface area contributed by atoms with E-state index in [-0.39, 0.29) is 11.5 Å². The van der Waals surface area contributed by atoms with Crippen molar-refractivity contribution >= 4 is 5.97 Å². The fourth-order valence-corrected chi connectivity index (χ4v) is 9.19. The second-order valence-electron chi connectivity index (χ2n) is 11.5. The molecule has 0 aromatic rings. The molecule has 2 aliphatic heterocycles. The predicted octanol–water partition coefficient (Wildman–Crippen LogP) is 4.49. The maximum absolute atomic E-state index is 11.1. The molecule has 2 saturated heterocycles. The molecule has 0 amide bonds. The monoisotopic (exact) mass is 390 g/mol. The summed E-state index contributed by atoms with van der Waals surface area (Å²) in [4.78, 5) is 11.1. The van der Waals surface area contributed by atoms with Crippen molar-refractivity contribution in [2.24, 2.45) is 46.3 Å². The highest BCUT2D eigenvalue weighted by molar-refractivity contribution is 5.66. The molecule has 6 aliphatic rings. The van der Waals surface area contributed by atoms with Crippen LogP contribution in [0, 0.1) is 46.3 Å². The Balaban J connectivity index is 1.41. The van der Waals surface area contributed by atoms with Gasteiger partial charge in [0, 0.05) is 11.8 Å². The van der Waals surface area contributed by atoms with Gasteiger partial charge in [-0.25, -0.2) is 0 Å². The van der Waals surface area contributed by atoms with Gasteiger partial charge in [-0.05, 0) is 92.3 Å². The second-order valence-corrected chi connectivity index (χ2v) is 11.5. The van der Waals surface area contributed by atoms with Crippen molar-refractivity contribution in [1.29, 1.82) is 0 Å². The quantitative estimate of drug-likeness (QED) is 0.742. The third-order valence-corrected chi connectivity index (χ3v) is 10.6. The maximum Gasteiger partial charge on any atom is 0.303 e. The number of carboxylic acid groups (broad SMARTS) is 1. The van der Waals surface area contributed by atoms with E-state index in [0.717, 1.165) is 37.5 Å². The number of aliphatic carboxylic acids is 1. The smallest absolute Gasteiger partial charge is 0.303 e. The highest BCUT2D eigenvalue weighted by Crippen LogP contribution is 2.72. The minimum atomic E-state index is -0.666. The Labute approximate surface area is 169 Å². The molecule has 28 heavy (non-hydrogen) atoms. The molecule has 6 rings (SSSR count). The van der Waals surface area contributed by atoms with Crippen molar-refractivity contribution in [2.75, 3.05) is 0 Å². The zero-order valence-electron chi connectivity index (χ0n) is 17.8. The number of hydrogen-bond donors (Lipinski definition) is 2. The van der Waals surface area contributed by atoms with Gasteiger partial charge in [-0.1, -0.05) is 20.8 Å². The summed E-state index contributed by atoms with van der Waals surface area (Å²) in [6.45, 7) is 7.30. The number of hydrogen-bond acceptors (Lipinski definition) is 3. The van der Waals surface area contributed by atoms with E-state index < -0.39 is 5.97 Å². The van der Waals surface area contributed by atoms with Gasteiger partial charge in [0.2, 0.25) is 0 Å².